The average Bonchev–Trinajstić information content (AvgIpc) is 3.06. The molecule has 2 heterocycles. The molecule has 32 heavy (non-hydrogen) atoms. The molecule has 0 unspecified atom stereocenters. The lowest BCUT2D eigenvalue weighted by Crippen LogP contribution is -2.35. The third-order valence-corrected chi connectivity index (χ3v) is 5.78. The molecule has 1 saturated heterocycles. The van der Waals surface area contributed by atoms with Crippen molar-refractivity contribution in [3.8, 4) is 0 Å². The number of benzene rings is 1. The summed E-state index contributed by atoms with van der Waals surface area (Å²) in [6.07, 6.45) is 2.42. The maximum absolute atomic E-state index is 13.1. The largest absolute Gasteiger partial charge is 0.462 e. The fraction of sp³-hybridized carbons (Fsp3) is 0.480. The van der Waals surface area contributed by atoms with E-state index < -0.39 is 0 Å². The van der Waals surface area contributed by atoms with E-state index in [0.29, 0.717) is 37.8 Å². The van der Waals surface area contributed by atoms with Crippen LogP contribution in [0.4, 0.5) is 11.5 Å². The van der Waals surface area contributed by atoms with Gasteiger partial charge in [-0.1, -0.05) is 0 Å². The summed E-state index contributed by atoms with van der Waals surface area (Å²) < 4.78 is 5.01. The molecule has 3 rings (SSSR count). The van der Waals surface area contributed by atoms with Gasteiger partial charge in [-0.25, -0.2) is 9.78 Å². The number of hydrogen-bond donors (Lipinski definition) is 0. The minimum absolute atomic E-state index is 0.0663. The van der Waals surface area contributed by atoms with Crippen molar-refractivity contribution in [3.63, 3.8) is 0 Å². The van der Waals surface area contributed by atoms with Gasteiger partial charge in [0, 0.05) is 56.2 Å². The first-order valence-corrected chi connectivity index (χ1v) is 11.5. The highest BCUT2D eigenvalue weighted by Crippen LogP contribution is 2.20. The predicted molar refractivity (Wildman–Crippen MR) is 128 cm³/mol. The highest BCUT2D eigenvalue weighted by Gasteiger charge is 2.21. The summed E-state index contributed by atoms with van der Waals surface area (Å²) in [5, 5.41) is 0. The van der Waals surface area contributed by atoms with Crippen LogP contribution < -0.4 is 9.80 Å². The quantitative estimate of drug-likeness (QED) is 0.612. The number of ether oxygens (including phenoxy) is 1. The lowest BCUT2D eigenvalue weighted by Gasteiger charge is -2.28. The van der Waals surface area contributed by atoms with Gasteiger partial charge in [-0.05, 0) is 70.5 Å². The number of aromatic nitrogens is 1. The van der Waals surface area contributed by atoms with E-state index in [9.17, 15) is 9.59 Å². The molecule has 1 aromatic carbocycles. The topological polar surface area (TPSA) is 66.0 Å². The van der Waals surface area contributed by atoms with Crippen molar-refractivity contribution >= 4 is 23.4 Å². The molecular weight excluding hydrogens is 404 g/mol. The van der Waals surface area contributed by atoms with E-state index in [1.54, 1.807) is 19.2 Å². The number of anilines is 2. The monoisotopic (exact) mass is 438 g/mol. The molecule has 1 amide bonds. The first-order chi connectivity index (χ1) is 15.4. The van der Waals surface area contributed by atoms with Crippen molar-refractivity contribution in [2.24, 2.45) is 0 Å². The van der Waals surface area contributed by atoms with Gasteiger partial charge < -0.3 is 19.4 Å². The van der Waals surface area contributed by atoms with E-state index >= 15 is 0 Å². The van der Waals surface area contributed by atoms with Crippen LogP contribution in [0.15, 0.2) is 42.6 Å². The van der Waals surface area contributed by atoms with Crippen molar-refractivity contribution < 1.29 is 14.3 Å². The molecule has 0 radical (unpaired) electrons. The van der Waals surface area contributed by atoms with Crippen LogP contribution in [-0.2, 0) is 4.74 Å². The Labute approximate surface area is 191 Å². The van der Waals surface area contributed by atoms with Crippen molar-refractivity contribution in [1.29, 1.82) is 0 Å². The Bertz CT molecular complexity index is 896. The Kier molecular flexibility index (Phi) is 8.09. The van der Waals surface area contributed by atoms with Gasteiger partial charge in [0.25, 0.3) is 5.91 Å². The summed E-state index contributed by atoms with van der Waals surface area (Å²) in [7, 11) is 0. The number of amides is 1. The first kappa shape index (κ1) is 23.6. The van der Waals surface area contributed by atoms with Crippen LogP contribution in [0, 0.1) is 0 Å². The Morgan fingerprint density at radius 1 is 1.00 bits per heavy atom. The second-order valence-corrected chi connectivity index (χ2v) is 8.18. The van der Waals surface area contributed by atoms with Crippen LogP contribution in [0.5, 0.6) is 0 Å². The van der Waals surface area contributed by atoms with Crippen molar-refractivity contribution in [2.75, 3.05) is 49.1 Å². The Balaban J connectivity index is 1.62. The molecule has 1 aliphatic heterocycles. The fourth-order valence-corrected chi connectivity index (χ4v) is 4.08. The molecule has 0 spiro atoms. The maximum Gasteiger partial charge on any atom is 0.339 e. The third-order valence-electron chi connectivity index (χ3n) is 5.78. The number of rotatable bonds is 7. The average molecular weight is 439 g/mol. The highest BCUT2D eigenvalue weighted by atomic mass is 16.5. The fourth-order valence-electron chi connectivity index (χ4n) is 4.08. The summed E-state index contributed by atoms with van der Waals surface area (Å²) in [5.74, 6) is 0.516. The van der Waals surface area contributed by atoms with Crippen LogP contribution in [0.25, 0.3) is 0 Å². The van der Waals surface area contributed by atoms with E-state index in [1.807, 2.05) is 35.2 Å². The molecule has 1 aromatic heterocycles. The maximum atomic E-state index is 13.1. The van der Waals surface area contributed by atoms with Crippen molar-refractivity contribution in [2.45, 2.75) is 40.2 Å². The molecule has 7 heteroatoms. The van der Waals surface area contributed by atoms with Crippen LogP contribution in [0.1, 0.15) is 54.8 Å². The molecular formula is C25H34N4O3. The molecule has 0 aliphatic carbocycles. The van der Waals surface area contributed by atoms with E-state index in [0.717, 1.165) is 36.6 Å². The minimum Gasteiger partial charge on any atom is -0.462 e. The van der Waals surface area contributed by atoms with Gasteiger partial charge >= 0.3 is 5.97 Å². The summed E-state index contributed by atoms with van der Waals surface area (Å²) in [6.45, 7) is 12.4. The van der Waals surface area contributed by atoms with Gasteiger partial charge in [-0.2, -0.15) is 0 Å². The molecule has 7 nitrogen and oxygen atoms in total. The summed E-state index contributed by atoms with van der Waals surface area (Å²) >= 11 is 0. The zero-order chi connectivity index (χ0) is 23.1. The van der Waals surface area contributed by atoms with Crippen LogP contribution in [0.2, 0.25) is 0 Å². The van der Waals surface area contributed by atoms with Crippen LogP contribution in [-0.4, -0.2) is 67.1 Å². The normalized spacial score (nSPS) is 14.3. The number of carbonyl (C=O) groups excluding carboxylic acids is 2. The smallest absolute Gasteiger partial charge is 0.339 e. The number of carbonyl (C=O) groups is 2. The summed E-state index contributed by atoms with van der Waals surface area (Å²) in [6, 6.07) is 11.9. The van der Waals surface area contributed by atoms with E-state index in [1.165, 1.54) is 0 Å². The van der Waals surface area contributed by atoms with E-state index in [2.05, 4.69) is 35.6 Å². The van der Waals surface area contributed by atoms with Gasteiger partial charge in [0.2, 0.25) is 0 Å². The molecule has 2 aromatic rings. The molecule has 1 aliphatic rings. The van der Waals surface area contributed by atoms with Crippen LogP contribution >= 0.6 is 0 Å². The Morgan fingerprint density at radius 3 is 2.31 bits per heavy atom. The molecule has 0 atom stereocenters. The van der Waals surface area contributed by atoms with Crippen molar-refractivity contribution in [3.05, 3.63) is 53.7 Å². The second-order valence-electron chi connectivity index (χ2n) is 8.18. The number of nitrogens with zero attached hydrogens (tertiary/aromatic N) is 4. The number of pyridine rings is 1. The number of hydrogen-bond acceptors (Lipinski definition) is 6. The summed E-state index contributed by atoms with van der Waals surface area (Å²) in [4.78, 5) is 35.7. The number of esters is 1. The van der Waals surface area contributed by atoms with Gasteiger partial charge in [0.05, 0.1) is 12.2 Å². The lowest BCUT2D eigenvalue weighted by atomic mass is 10.1. The SMILES string of the molecule is CCOC(=O)c1ccc(N2CCCN(C(=O)c3ccc(N(CC)C(C)C)cc3)CC2)nc1. The Hall–Kier alpha value is -3.09. The first-order valence-electron chi connectivity index (χ1n) is 11.5. The minimum atomic E-state index is -0.361. The van der Waals surface area contributed by atoms with Gasteiger partial charge in [-0.15, -0.1) is 0 Å². The Morgan fingerprint density at radius 2 is 1.72 bits per heavy atom. The zero-order valence-electron chi connectivity index (χ0n) is 19.6. The van der Waals surface area contributed by atoms with Gasteiger partial charge in [-0.3, -0.25) is 4.79 Å². The van der Waals surface area contributed by atoms with Gasteiger partial charge in [0.1, 0.15) is 5.82 Å². The molecule has 172 valence electrons. The second kappa shape index (κ2) is 11.0. The zero-order valence-corrected chi connectivity index (χ0v) is 19.6. The van der Waals surface area contributed by atoms with E-state index in [-0.39, 0.29) is 11.9 Å². The third kappa shape index (κ3) is 5.58. The van der Waals surface area contributed by atoms with Crippen molar-refractivity contribution in [1.82, 2.24) is 9.88 Å². The molecule has 1 fully saturated rings. The van der Waals surface area contributed by atoms with E-state index in [4.69, 9.17) is 4.74 Å². The molecule has 0 saturated carbocycles. The summed E-state index contributed by atoms with van der Waals surface area (Å²) in [5.41, 5.74) is 2.31. The highest BCUT2D eigenvalue weighted by molar-refractivity contribution is 5.94. The van der Waals surface area contributed by atoms with Crippen LogP contribution in [0.3, 0.4) is 0 Å². The lowest BCUT2D eigenvalue weighted by molar-refractivity contribution is 0.0525. The predicted octanol–water partition coefficient (Wildman–Crippen LogP) is 3.85. The standard InChI is InChI=1S/C25H34N4O3/c1-5-29(19(3)4)22-11-8-20(9-12-22)24(30)28-15-7-14-27(16-17-28)23-13-10-21(18-26-23)25(31)32-6-2/h8-13,18-19H,5-7,14-17H2,1-4H3. The molecule has 0 N–H and O–H groups in total. The van der Waals surface area contributed by atoms with Gasteiger partial charge in [0.15, 0.2) is 0 Å². The molecule has 0 bridgehead atoms.